The number of nitrogens with one attached hydrogen (secondary N) is 2. The van der Waals surface area contributed by atoms with Crippen LogP contribution in [0.25, 0.3) is 0 Å². The Hall–Kier alpha value is -2.39. The summed E-state index contributed by atoms with van der Waals surface area (Å²) in [4.78, 5) is 11.1. The van der Waals surface area contributed by atoms with Gasteiger partial charge in [-0.25, -0.2) is 0 Å². The van der Waals surface area contributed by atoms with E-state index in [1.165, 1.54) is 13.2 Å². The number of hydrogen-bond donors (Lipinski definition) is 3. The number of β-amino-alcohol motifs (C(OH)–C–C–N with tert-alkyl or cyclic N) is 1. The molecule has 2 aromatic rings. The Kier molecular flexibility index (Phi) is 8.66. The second kappa shape index (κ2) is 11.0. The second-order valence-electron chi connectivity index (χ2n) is 6.78. The maximum atomic E-state index is 11.6. The maximum Gasteiger partial charge on any atom is 0.277 e. The first-order valence-corrected chi connectivity index (χ1v) is 9.20. The molecule has 1 heterocycles. The summed E-state index contributed by atoms with van der Waals surface area (Å²) in [5.41, 5.74) is 1.44. The van der Waals surface area contributed by atoms with Gasteiger partial charge in [-0.15, -0.1) is 12.4 Å². The van der Waals surface area contributed by atoms with Gasteiger partial charge in [0.2, 0.25) is 0 Å². The molecule has 158 valence electrons. The number of hydrogen-bond acceptors (Lipinski definition) is 7. The summed E-state index contributed by atoms with van der Waals surface area (Å²) in [6.45, 7) is 2.47. The molecule has 3 rings (SSSR count). The Bertz CT molecular complexity index is 806. The Morgan fingerprint density at radius 2 is 2.00 bits per heavy atom. The number of halogens is 1. The summed E-state index contributed by atoms with van der Waals surface area (Å²) in [6.07, 6.45) is -0.397. The molecule has 1 aliphatic rings. The molecule has 8 nitrogen and oxygen atoms in total. The van der Waals surface area contributed by atoms with Gasteiger partial charge in [0, 0.05) is 37.7 Å². The quantitative estimate of drug-likeness (QED) is 0.419. The first-order valence-electron chi connectivity index (χ1n) is 9.20. The Morgan fingerprint density at radius 3 is 2.62 bits per heavy atom. The van der Waals surface area contributed by atoms with Crippen LogP contribution in [0.4, 0.5) is 5.69 Å². The van der Waals surface area contributed by atoms with Crippen LogP contribution in [0, 0.1) is 16.0 Å². The molecule has 1 fully saturated rings. The average Bonchev–Trinajstić information content (AvgIpc) is 3.11. The SMILES string of the molecule is COc1cc(CNCC2CNCC2O)c([N+](=O)[O-])cc1OCc1ccccc1.Cl. The van der Waals surface area contributed by atoms with Crippen molar-refractivity contribution in [2.75, 3.05) is 26.7 Å². The molecule has 2 unspecified atom stereocenters. The lowest BCUT2D eigenvalue weighted by atomic mass is 10.1. The first-order chi connectivity index (χ1) is 13.6. The molecule has 2 atom stereocenters. The number of methoxy groups -OCH3 is 1. The molecule has 0 amide bonds. The summed E-state index contributed by atoms with van der Waals surface area (Å²) in [7, 11) is 1.51. The number of aliphatic hydroxyl groups is 1. The third-order valence-electron chi connectivity index (χ3n) is 4.82. The van der Waals surface area contributed by atoms with Gasteiger partial charge in [0.25, 0.3) is 5.69 Å². The largest absolute Gasteiger partial charge is 0.493 e. The van der Waals surface area contributed by atoms with E-state index in [4.69, 9.17) is 9.47 Å². The third-order valence-corrected chi connectivity index (χ3v) is 4.82. The summed E-state index contributed by atoms with van der Waals surface area (Å²) in [5.74, 6) is 0.868. The summed E-state index contributed by atoms with van der Waals surface area (Å²) in [6, 6.07) is 12.6. The van der Waals surface area contributed by atoms with Crippen molar-refractivity contribution in [2.45, 2.75) is 19.3 Å². The monoisotopic (exact) mass is 423 g/mol. The number of rotatable bonds is 9. The minimum absolute atomic E-state index is 0. The molecule has 0 bridgehead atoms. The molecule has 0 aliphatic carbocycles. The van der Waals surface area contributed by atoms with Crippen LogP contribution in [0.5, 0.6) is 11.5 Å². The van der Waals surface area contributed by atoms with E-state index in [9.17, 15) is 15.2 Å². The van der Waals surface area contributed by atoms with Gasteiger partial charge in [0.15, 0.2) is 11.5 Å². The minimum atomic E-state index is -0.419. The minimum Gasteiger partial charge on any atom is -0.493 e. The number of nitro groups is 1. The van der Waals surface area contributed by atoms with Crippen molar-refractivity contribution in [1.82, 2.24) is 10.6 Å². The summed E-state index contributed by atoms with van der Waals surface area (Å²) < 4.78 is 11.1. The fraction of sp³-hybridized carbons (Fsp3) is 0.400. The zero-order valence-corrected chi connectivity index (χ0v) is 17.0. The van der Waals surface area contributed by atoms with E-state index in [1.807, 2.05) is 30.3 Å². The van der Waals surface area contributed by atoms with Crippen molar-refractivity contribution in [2.24, 2.45) is 5.92 Å². The topological polar surface area (TPSA) is 106 Å². The van der Waals surface area contributed by atoms with Crippen LogP contribution in [-0.4, -0.2) is 42.9 Å². The van der Waals surface area contributed by atoms with Gasteiger partial charge in [-0.3, -0.25) is 10.1 Å². The van der Waals surface area contributed by atoms with Crippen molar-refractivity contribution in [3.05, 3.63) is 63.7 Å². The number of nitro benzene ring substituents is 1. The highest BCUT2D eigenvalue weighted by atomic mass is 35.5. The van der Waals surface area contributed by atoms with E-state index in [2.05, 4.69) is 10.6 Å². The third kappa shape index (κ3) is 6.04. The van der Waals surface area contributed by atoms with Crippen molar-refractivity contribution in [3.8, 4) is 11.5 Å². The zero-order valence-electron chi connectivity index (χ0n) is 16.2. The standard InChI is InChI=1S/C20H25N3O5.ClH/c1-27-19-7-15(9-21-10-16-11-22-12-18(16)24)17(23(25)26)8-20(19)28-13-14-5-3-2-4-6-14;/h2-8,16,18,21-22,24H,9-13H2,1H3;1H. The van der Waals surface area contributed by atoms with Crippen LogP contribution in [0.15, 0.2) is 42.5 Å². The molecule has 0 radical (unpaired) electrons. The Labute approximate surface area is 175 Å². The van der Waals surface area contributed by atoms with E-state index < -0.39 is 11.0 Å². The molecule has 1 aliphatic heterocycles. The fourth-order valence-electron chi connectivity index (χ4n) is 3.23. The second-order valence-corrected chi connectivity index (χ2v) is 6.78. The summed E-state index contributed by atoms with van der Waals surface area (Å²) in [5, 5.41) is 27.7. The van der Waals surface area contributed by atoms with Crippen molar-refractivity contribution < 1.29 is 19.5 Å². The van der Waals surface area contributed by atoms with Gasteiger partial charge in [-0.05, 0) is 11.6 Å². The molecule has 3 N–H and O–H groups in total. The normalized spacial score (nSPS) is 18.1. The predicted octanol–water partition coefficient (Wildman–Crippen LogP) is 2.27. The Morgan fingerprint density at radius 1 is 1.24 bits per heavy atom. The highest BCUT2D eigenvalue weighted by molar-refractivity contribution is 5.85. The molecule has 0 aromatic heterocycles. The highest BCUT2D eigenvalue weighted by Gasteiger charge is 2.25. The van der Waals surface area contributed by atoms with E-state index in [-0.39, 0.29) is 24.0 Å². The van der Waals surface area contributed by atoms with Crippen molar-refractivity contribution in [1.29, 1.82) is 0 Å². The molecule has 1 saturated heterocycles. The molecule has 2 aromatic carbocycles. The van der Waals surface area contributed by atoms with Gasteiger partial charge >= 0.3 is 0 Å². The van der Waals surface area contributed by atoms with E-state index in [0.29, 0.717) is 43.3 Å². The number of aliphatic hydroxyl groups excluding tert-OH is 1. The Balaban J connectivity index is 0.00000300. The molecular formula is C20H26ClN3O5. The van der Waals surface area contributed by atoms with Gasteiger partial charge in [-0.2, -0.15) is 0 Å². The van der Waals surface area contributed by atoms with Crippen LogP contribution in [0.3, 0.4) is 0 Å². The van der Waals surface area contributed by atoms with Crippen LogP contribution in [-0.2, 0) is 13.2 Å². The van der Waals surface area contributed by atoms with E-state index in [0.717, 1.165) is 12.1 Å². The first kappa shape index (κ1) is 22.9. The fourth-order valence-corrected chi connectivity index (χ4v) is 3.23. The zero-order chi connectivity index (χ0) is 19.9. The summed E-state index contributed by atoms with van der Waals surface area (Å²) >= 11 is 0. The lowest BCUT2D eigenvalue weighted by Gasteiger charge is -2.16. The molecule has 9 heteroatoms. The predicted molar refractivity (Wildman–Crippen MR) is 112 cm³/mol. The van der Waals surface area contributed by atoms with Crippen LogP contribution < -0.4 is 20.1 Å². The van der Waals surface area contributed by atoms with Gasteiger partial charge in [0.05, 0.1) is 24.2 Å². The van der Waals surface area contributed by atoms with Gasteiger partial charge in [-0.1, -0.05) is 30.3 Å². The van der Waals surface area contributed by atoms with E-state index >= 15 is 0 Å². The lowest BCUT2D eigenvalue weighted by Crippen LogP contribution is -2.30. The van der Waals surface area contributed by atoms with Crippen LogP contribution in [0.2, 0.25) is 0 Å². The molecular weight excluding hydrogens is 398 g/mol. The van der Waals surface area contributed by atoms with Gasteiger partial charge in [0.1, 0.15) is 6.61 Å². The van der Waals surface area contributed by atoms with Crippen LogP contribution in [0.1, 0.15) is 11.1 Å². The number of benzene rings is 2. The van der Waals surface area contributed by atoms with Crippen molar-refractivity contribution >= 4 is 18.1 Å². The van der Waals surface area contributed by atoms with Gasteiger partial charge < -0.3 is 25.2 Å². The maximum absolute atomic E-state index is 11.6. The number of ether oxygens (including phenoxy) is 2. The smallest absolute Gasteiger partial charge is 0.277 e. The highest BCUT2D eigenvalue weighted by Crippen LogP contribution is 2.35. The molecule has 29 heavy (non-hydrogen) atoms. The number of nitrogens with zero attached hydrogens (tertiary/aromatic N) is 1. The van der Waals surface area contributed by atoms with Crippen LogP contribution >= 0.6 is 12.4 Å². The average molecular weight is 424 g/mol. The molecule has 0 spiro atoms. The van der Waals surface area contributed by atoms with Crippen molar-refractivity contribution in [3.63, 3.8) is 0 Å². The lowest BCUT2D eigenvalue weighted by molar-refractivity contribution is -0.385. The molecule has 0 saturated carbocycles. The van der Waals surface area contributed by atoms with E-state index in [1.54, 1.807) is 6.07 Å².